The van der Waals surface area contributed by atoms with Crippen molar-refractivity contribution in [3.8, 4) is 0 Å². The Morgan fingerprint density at radius 1 is 1.53 bits per heavy atom. The van der Waals surface area contributed by atoms with E-state index in [1.165, 1.54) is 0 Å². The van der Waals surface area contributed by atoms with Crippen molar-refractivity contribution in [2.75, 3.05) is 33.4 Å². The first-order valence-electron chi connectivity index (χ1n) is 5.58. The first-order valence-corrected chi connectivity index (χ1v) is 5.58. The number of rotatable bonds is 5. The van der Waals surface area contributed by atoms with Crippen LogP contribution >= 0.6 is 0 Å². The minimum Gasteiger partial charge on any atom is -0.383 e. The molecule has 1 aliphatic rings. The highest BCUT2D eigenvalue weighted by molar-refractivity contribution is 5.79. The maximum Gasteiger partial charge on any atom is 0.236 e. The van der Waals surface area contributed by atoms with Gasteiger partial charge in [0.2, 0.25) is 5.91 Å². The quantitative estimate of drug-likeness (QED) is 0.682. The van der Waals surface area contributed by atoms with Crippen LogP contribution in [-0.2, 0) is 9.53 Å². The highest BCUT2D eigenvalue weighted by atomic mass is 16.5. The first-order chi connectivity index (χ1) is 7.08. The van der Waals surface area contributed by atoms with Crippen molar-refractivity contribution in [2.45, 2.75) is 32.2 Å². The summed E-state index contributed by atoms with van der Waals surface area (Å²) in [7, 11) is 1.66. The van der Waals surface area contributed by atoms with Gasteiger partial charge in [-0.3, -0.25) is 4.79 Å². The van der Waals surface area contributed by atoms with E-state index in [1.807, 2.05) is 4.90 Å². The summed E-state index contributed by atoms with van der Waals surface area (Å²) in [5, 5.41) is 3.08. The van der Waals surface area contributed by atoms with E-state index in [1.54, 1.807) is 7.11 Å². The average molecular weight is 214 g/mol. The zero-order valence-electron chi connectivity index (χ0n) is 10.0. The first kappa shape index (κ1) is 12.5. The molecular weight excluding hydrogens is 192 g/mol. The second-order valence-corrected chi connectivity index (χ2v) is 4.63. The van der Waals surface area contributed by atoms with Crippen LogP contribution in [0.5, 0.6) is 0 Å². The molecule has 0 atom stereocenters. The molecule has 1 rings (SSSR count). The Morgan fingerprint density at radius 3 is 2.80 bits per heavy atom. The van der Waals surface area contributed by atoms with Crippen LogP contribution < -0.4 is 5.32 Å². The predicted molar refractivity (Wildman–Crippen MR) is 59.8 cm³/mol. The lowest BCUT2D eigenvalue weighted by molar-refractivity contribution is -0.133. The van der Waals surface area contributed by atoms with Crippen LogP contribution in [0.25, 0.3) is 0 Å². The number of nitrogens with one attached hydrogen (secondary N) is 1. The Kier molecular flexibility index (Phi) is 4.54. The van der Waals surface area contributed by atoms with E-state index in [0.717, 1.165) is 25.9 Å². The van der Waals surface area contributed by atoms with Crippen molar-refractivity contribution in [1.82, 2.24) is 10.2 Å². The normalized spacial score (nSPS) is 19.5. The molecule has 88 valence electrons. The number of nitrogens with zero attached hydrogens (tertiary/aromatic N) is 1. The van der Waals surface area contributed by atoms with Crippen LogP contribution in [0, 0.1) is 0 Å². The molecule has 0 unspecified atom stereocenters. The van der Waals surface area contributed by atoms with Gasteiger partial charge in [0.1, 0.15) is 0 Å². The third kappa shape index (κ3) is 3.47. The van der Waals surface area contributed by atoms with Gasteiger partial charge >= 0.3 is 0 Å². The molecule has 4 nitrogen and oxygen atoms in total. The van der Waals surface area contributed by atoms with E-state index in [9.17, 15) is 4.79 Å². The van der Waals surface area contributed by atoms with E-state index in [2.05, 4.69) is 19.2 Å². The van der Waals surface area contributed by atoms with Crippen LogP contribution in [-0.4, -0.2) is 49.7 Å². The zero-order chi connectivity index (χ0) is 11.3. The van der Waals surface area contributed by atoms with Crippen molar-refractivity contribution in [1.29, 1.82) is 0 Å². The van der Waals surface area contributed by atoms with Crippen molar-refractivity contribution in [2.24, 2.45) is 0 Å². The Bertz CT molecular complexity index is 217. The van der Waals surface area contributed by atoms with Gasteiger partial charge in [0.25, 0.3) is 0 Å². The standard InChI is InChI=1S/C11H22N2O2/c1-11(2)5-4-7-13(11)10(14)9-12-6-8-15-3/h12H,4-9H2,1-3H3. The number of carbonyl (C=O) groups is 1. The minimum absolute atomic E-state index is 0.0417. The Balaban J connectivity index is 2.28. The fourth-order valence-electron chi connectivity index (χ4n) is 2.03. The predicted octanol–water partition coefficient (Wildman–Crippen LogP) is 0.623. The molecular formula is C11H22N2O2. The Hall–Kier alpha value is -0.610. The Morgan fingerprint density at radius 2 is 2.27 bits per heavy atom. The molecule has 1 saturated heterocycles. The largest absolute Gasteiger partial charge is 0.383 e. The summed E-state index contributed by atoms with van der Waals surface area (Å²) >= 11 is 0. The molecule has 1 fully saturated rings. The summed E-state index contributed by atoms with van der Waals surface area (Å²) in [5.41, 5.74) is 0.0417. The van der Waals surface area contributed by atoms with Gasteiger partial charge in [0.05, 0.1) is 13.2 Å². The molecule has 1 heterocycles. The number of carbonyl (C=O) groups excluding carboxylic acids is 1. The summed E-state index contributed by atoms with van der Waals surface area (Å²) in [5.74, 6) is 0.202. The summed E-state index contributed by atoms with van der Waals surface area (Å²) in [6.07, 6.45) is 2.23. The van der Waals surface area contributed by atoms with E-state index >= 15 is 0 Å². The number of methoxy groups -OCH3 is 1. The van der Waals surface area contributed by atoms with E-state index in [0.29, 0.717) is 13.2 Å². The number of likely N-dealkylation sites (tertiary alicyclic amines) is 1. The van der Waals surface area contributed by atoms with Gasteiger partial charge in [-0.2, -0.15) is 0 Å². The molecule has 1 aliphatic heterocycles. The summed E-state index contributed by atoms with van der Waals surface area (Å²) in [6, 6.07) is 0. The van der Waals surface area contributed by atoms with Gasteiger partial charge in [-0.15, -0.1) is 0 Å². The van der Waals surface area contributed by atoms with Crippen molar-refractivity contribution >= 4 is 5.91 Å². The number of hydrogen-bond donors (Lipinski definition) is 1. The van der Waals surface area contributed by atoms with Gasteiger partial charge in [0.15, 0.2) is 0 Å². The molecule has 0 saturated carbocycles. The zero-order valence-corrected chi connectivity index (χ0v) is 10.0. The third-order valence-corrected chi connectivity index (χ3v) is 2.96. The SMILES string of the molecule is COCCNCC(=O)N1CCCC1(C)C. The molecule has 1 amide bonds. The lowest BCUT2D eigenvalue weighted by Crippen LogP contribution is -2.46. The smallest absolute Gasteiger partial charge is 0.236 e. The molecule has 0 aromatic rings. The molecule has 0 aliphatic carbocycles. The molecule has 0 radical (unpaired) electrons. The number of amides is 1. The highest BCUT2D eigenvalue weighted by Crippen LogP contribution is 2.27. The summed E-state index contributed by atoms with van der Waals surface area (Å²) in [6.45, 7) is 6.97. The van der Waals surface area contributed by atoms with Crippen LogP contribution in [0.1, 0.15) is 26.7 Å². The van der Waals surface area contributed by atoms with Gasteiger partial charge < -0.3 is 15.0 Å². The van der Waals surface area contributed by atoms with Gasteiger partial charge in [-0.25, -0.2) is 0 Å². The lowest BCUT2D eigenvalue weighted by atomic mass is 10.0. The molecule has 4 heteroatoms. The highest BCUT2D eigenvalue weighted by Gasteiger charge is 2.34. The molecule has 0 spiro atoms. The number of ether oxygens (including phenoxy) is 1. The second kappa shape index (κ2) is 5.47. The monoisotopic (exact) mass is 214 g/mol. The molecule has 0 aromatic heterocycles. The second-order valence-electron chi connectivity index (χ2n) is 4.63. The summed E-state index contributed by atoms with van der Waals surface area (Å²) < 4.78 is 4.90. The maximum atomic E-state index is 11.8. The third-order valence-electron chi connectivity index (χ3n) is 2.96. The van der Waals surface area contributed by atoms with Crippen LogP contribution in [0.15, 0.2) is 0 Å². The van der Waals surface area contributed by atoms with Gasteiger partial charge in [-0.05, 0) is 26.7 Å². The molecule has 1 N–H and O–H groups in total. The van der Waals surface area contributed by atoms with E-state index < -0.39 is 0 Å². The van der Waals surface area contributed by atoms with Crippen LogP contribution in [0.3, 0.4) is 0 Å². The molecule has 0 aromatic carbocycles. The van der Waals surface area contributed by atoms with Crippen LogP contribution in [0.2, 0.25) is 0 Å². The van der Waals surface area contributed by atoms with Crippen LogP contribution in [0.4, 0.5) is 0 Å². The fourth-order valence-corrected chi connectivity index (χ4v) is 2.03. The van der Waals surface area contributed by atoms with Crippen molar-refractivity contribution < 1.29 is 9.53 Å². The van der Waals surface area contributed by atoms with E-state index in [-0.39, 0.29) is 11.4 Å². The molecule has 15 heavy (non-hydrogen) atoms. The minimum atomic E-state index is 0.0417. The average Bonchev–Trinajstić information content (AvgIpc) is 2.52. The fraction of sp³-hybridized carbons (Fsp3) is 0.909. The Labute approximate surface area is 92.0 Å². The maximum absolute atomic E-state index is 11.8. The van der Waals surface area contributed by atoms with Gasteiger partial charge in [-0.1, -0.05) is 0 Å². The summed E-state index contributed by atoms with van der Waals surface area (Å²) in [4.78, 5) is 13.8. The van der Waals surface area contributed by atoms with Crippen molar-refractivity contribution in [3.05, 3.63) is 0 Å². The number of hydrogen-bond acceptors (Lipinski definition) is 3. The topological polar surface area (TPSA) is 41.6 Å². The molecule has 0 bridgehead atoms. The van der Waals surface area contributed by atoms with E-state index in [4.69, 9.17) is 4.74 Å². The van der Waals surface area contributed by atoms with Crippen molar-refractivity contribution in [3.63, 3.8) is 0 Å². The van der Waals surface area contributed by atoms with Gasteiger partial charge in [0, 0.05) is 25.7 Å². The lowest BCUT2D eigenvalue weighted by Gasteiger charge is -2.31.